The van der Waals surface area contributed by atoms with E-state index in [2.05, 4.69) is 0 Å². The maximum atomic E-state index is 13.2. The smallest absolute Gasteiger partial charge is 0.268 e. The number of alkyl halides is 3. The van der Waals surface area contributed by atoms with Gasteiger partial charge in [0.2, 0.25) is 0 Å². The first-order chi connectivity index (χ1) is 6.51. The van der Waals surface area contributed by atoms with E-state index in [4.69, 9.17) is 0 Å². The number of nitrogens with zero attached hydrogens (tertiary/aromatic N) is 1. The van der Waals surface area contributed by atoms with Gasteiger partial charge in [-0.2, -0.15) is 0 Å². The minimum absolute atomic E-state index is 0.226. The first-order valence-electron chi connectivity index (χ1n) is 5.30. The van der Waals surface area contributed by atoms with Crippen molar-refractivity contribution in [3.63, 3.8) is 0 Å². The van der Waals surface area contributed by atoms with Gasteiger partial charge in [-0.05, 0) is 19.3 Å². The lowest BCUT2D eigenvalue weighted by atomic mass is 9.88. The van der Waals surface area contributed by atoms with Gasteiger partial charge in [-0.3, -0.25) is 4.90 Å². The SMILES string of the molecule is CC[C@@]12CC3C(N1C[C@H](F)C2)C3(F)F. The van der Waals surface area contributed by atoms with Crippen LogP contribution < -0.4 is 0 Å². The van der Waals surface area contributed by atoms with Gasteiger partial charge < -0.3 is 0 Å². The topological polar surface area (TPSA) is 3.24 Å². The molecule has 1 aliphatic carbocycles. The summed E-state index contributed by atoms with van der Waals surface area (Å²) in [6.07, 6.45) is 0.872. The van der Waals surface area contributed by atoms with E-state index in [1.54, 1.807) is 4.90 Å². The van der Waals surface area contributed by atoms with Crippen LogP contribution in [0.3, 0.4) is 0 Å². The summed E-state index contributed by atoms with van der Waals surface area (Å²) in [5, 5.41) is 0. The minimum atomic E-state index is -2.53. The lowest BCUT2D eigenvalue weighted by Gasteiger charge is -2.34. The van der Waals surface area contributed by atoms with Crippen LogP contribution in [0.2, 0.25) is 0 Å². The molecule has 2 unspecified atom stereocenters. The fourth-order valence-electron chi connectivity index (χ4n) is 3.56. The van der Waals surface area contributed by atoms with Crippen molar-refractivity contribution < 1.29 is 13.2 Å². The Kier molecular flexibility index (Phi) is 1.47. The zero-order valence-electron chi connectivity index (χ0n) is 8.14. The van der Waals surface area contributed by atoms with Crippen LogP contribution >= 0.6 is 0 Å². The summed E-state index contributed by atoms with van der Waals surface area (Å²) in [5.74, 6) is -3.00. The second-order valence-electron chi connectivity index (χ2n) is 4.96. The van der Waals surface area contributed by atoms with Crippen molar-refractivity contribution in [3.8, 4) is 0 Å². The van der Waals surface area contributed by atoms with Crippen molar-refractivity contribution in [2.75, 3.05) is 6.54 Å². The van der Waals surface area contributed by atoms with Crippen LogP contribution in [0, 0.1) is 5.92 Å². The summed E-state index contributed by atoms with van der Waals surface area (Å²) >= 11 is 0. The van der Waals surface area contributed by atoms with Crippen molar-refractivity contribution >= 4 is 0 Å². The van der Waals surface area contributed by atoms with Crippen molar-refractivity contribution in [3.05, 3.63) is 0 Å². The van der Waals surface area contributed by atoms with E-state index < -0.39 is 24.1 Å². The summed E-state index contributed by atoms with van der Waals surface area (Å²) in [7, 11) is 0. The molecule has 3 rings (SSSR count). The normalized spacial score (nSPS) is 54.4. The number of halogens is 3. The van der Waals surface area contributed by atoms with Crippen molar-refractivity contribution in [2.24, 2.45) is 5.92 Å². The van der Waals surface area contributed by atoms with Crippen LogP contribution in [-0.4, -0.2) is 35.1 Å². The first-order valence-corrected chi connectivity index (χ1v) is 5.30. The molecule has 0 aromatic heterocycles. The van der Waals surface area contributed by atoms with E-state index in [-0.39, 0.29) is 12.1 Å². The van der Waals surface area contributed by atoms with Gasteiger partial charge in [0, 0.05) is 18.0 Å². The zero-order valence-corrected chi connectivity index (χ0v) is 8.14. The van der Waals surface area contributed by atoms with E-state index in [0.717, 1.165) is 6.42 Å². The Morgan fingerprint density at radius 2 is 2.07 bits per heavy atom. The predicted molar refractivity (Wildman–Crippen MR) is 46.1 cm³/mol. The molecule has 0 amide bonds. The fourth-order valence-corrected chi connectivity index (χ4v) is 3.56. The van der Waals surface area contributed by atoms with E-state index in [1.165, 1.54) is 0 Å². The third-order valence-corrected chi connectivity index (χ3v) is 4.36. The quantitative estimate of drug-likeness (QED) is 0.634. The van der Waals surface area contributed by atoms with Crippen LogP contribution in [0.1, 0.15) is 26.2 Å². The van der Waals surface area contributed by atoms with Crippen molar-refractivity contribution in [1.82, 2.24) is 4.90 Å². The molecule has 2 saturated heterocycles. The standard InChI is InChI=1S/C10H14F3N/c1-2-9-3-6(11)5-14(9)8-7(4-9)10(8,12)13/h6-8H,2-5H2,1H3/t6-,7?,8?,9-/m1/s1. The molecular formula is C10H14F3N. The molecule has 3 aliphatic rings. The average molecular weight is 205 g/mol. The minimum Gasteiger partial charge on any atom is -0.286 e. The number of rotatable bonds is 1. The van der Waals surface area contributed by atoms with Gasteiger partial charge in [-0.25, -0.2) is 13.2 Å². The van der Waals surface area contributed by atoms with Crippen LogP contribution in [0.5, 0.6) is 0 Å². The molecule has 4 heteroatoms. The molecule has 2 aliphatic heterocycles. The molecule has 0 radical (unpaired) electrons. The van der Waals surface area contributed by atoms with Gasteiger partial charge in [-0.15, -0.1) is 0 Å². The maximum absolute atomic E-state index is 13.2. The molecule has 1 nitrogen and oxygen atoms in total. The average Bonchev–Trinajstić information content (AvgIpc) is 2.47. The molecule has 2 heterocycles. The second kappa shape index (κ2) is 2.29. The van der Waals surface area contributed by atoms with Gasteiger partial charge in [0.05, 0.1) is 6.04 Å². The Morgan fingerprint density at radius 3 is 2.71 bits per heavy atom. The molecule has 0 aromatic rings. The van der Waals surface area contributed by atoms with E-state index in [9.17, 15) is 13.2 Å². The summed E-state index contributed by atoms with van der Waals surface area (Å²) in [4.78, 5) is 1.75. The third-order valence-electron chi connectivity index (χ3n) is 4.36. The molecular weight excluding hydrogens is 191 g/mol. The summed E-state index contributed by atoms with van der Waals surface area (Å²) in [6.45, 7) is 2.21. The van der Waals surface area contributed by atoms with Crippen LogP contribution in [0.15, 0.2) is 0 Å². The van der Waals surface area contributed by atoms with Gasteiger partial charge in [0.25, 0.3) is 5.92 Å². The van der Waals surface area contributed by atoms with Crippen LogP contribution in [-0.2, 0) is 0 Å². The lowest BCUT2D eigenvalue weighted by Crippen LogP contribution is -2.43. The Morgan fingerprint density at radius 1 is 1.36 bits per heavy atom. The summed E-state index contributed by atoms with van der Waals surface area (Å²) < 4.78 is 39.5. The van der Waals surface area contributed by atoms with Crippen LogP contribution in [0.25, 0.3) is 0 Å². The molecule has 80 valence electrons. The van der Waals surface area contributed by atoms with Crippen LogP contribution in [0.4, 0.5) is 13.2 Å². The number of hydrogen-bond donors (Lipinski definition) is 0. The molecule has 14 heavy (non-hydrogen) atoms. The molecule has 0 spiro atoms. The van der Waals surface area contributed by atoms with E-state index in [1.807, 2.05) is 6.92 Å². The molecule has 3 fully saturated rings. The Balaban J connectivity index is 1.89. The zero-order chi connectivity index (χ0) is 10.1. The highest BCUT2D eigenvalue weighted by molar-refractivity contribution is 5.25. The molecule has 0 aromatic carbocycles. The monoisotopic (exact) mass is 205 g/mol. The van der Waals surface area contributed by atoms with Crippen molar-refractivity contribution in [1.29, 1.82) is 0 Å². The lowest BCUT2D eigenvalue weighted by molar-refractivity contribution is 0.0104. The summed E-state index contributed by atoms with van der Waals surface area (Å²) in [5.41, 5.74) is -0.226. The Bertz CT molecular complexity index is 281. The second-order valence-corrected chi connectivity index (χ2v) is 4.96. The molecule has 0 bridgehead atoms. The van der Waals surface area contributed by atoms with Gasteiger partial charge in [0.1, 0.15) is 6.17 Å². The number of hydrogen-bond acceptors (Lipinski definition) is 1. The molecule has 0 N–H and O–H groups in total. The largest absolute Gasteiger partial charge is 0.286 e. The van der Waals surface area contributed by atoms with E-state index in [0.29, 0.717) is 12.8 Å². The Hall–Kier alpha value is -0.250. The fraction of sp³-hybridized carbons (Fsp3) is 1.00. The predicted octanol–water partition coefficient (Wildman–Crippen LogP) is 2.22. The molecule has 4 atom stereocenters. The highest BCUT2D eigenvalue weighted by atomic mass is 19.3. The highest BCUT2D eigenvalue weighted by Gasteiger charge is 2.79. The maximum Gasteiger partial charge on any atom is 0.268 e. The highest BCUT2D eigenvalue weighted by Crippen LogP contribution is 2.66. The number of piperidine rings is 1. The Labute approximate surface area is 81.3 Å². The number of fused-ring (bicyclic) bond motifs is 3. The summed E-state index contributed by atoms with van der Waals surface area (Å²) in [6, 6.07) is -0.636. The van der Waals surface area contributed by atoms with E-state index >= 15 is 0 Å². The first kappa shape index (κ1) is 9.01. The van der Waals surface area contributed by atoms with Gasteiger partial charge in [-0.1, -0.05) is 6.92 Å². The van der Waals surface area contributed by atoms with Gasteiger partial charge >= 0.3 is 0 Å². The molecule has 1 saturated carbocycles. The van der Waals surface area contributed by atoms with Gasteiger partial charge in [0.15, 0.2) is 0 Å². The van der Waals surface area contributed by atoms with Crippen molar-refractivity contribution in [2.45, 2.75) is 49.9 Å². The third kappa shape index (κ3) is 0.818.